The number of hydrogen-bond donors (Lipinski definition) is 2. The maximum absolute atomic E-state index is 10.4. The molecule has 168 valence electrons. The van der Waals surface area contributed by atoms with Crippen molar-refractivity contribution in [1.82, 2.24) is 15.1 Å². The number of aliphatic hydroxyl groups excluding tert-OH is 1. The summed E-state index contributed by atoms with van der Waals surface area (Å²) in [6, 6.07) is 14.4. The highest BCUT2D eigenvalue weighted by atomic mass is 16.6. The van der Waals surface area contributed by atoms with Crippen LogP contribution in [0.3, 0.4) is 0 Å². The van der Waals surface area contributed by atoms with Gasteiger partial charge in [0.05, 0.1) is 30.7 Å². The Hall–Kier alpha value is -1.53. The highest BCUT2D eigenvalue weighted by Gasteiger charge is 2.51. The summed E-state index contributed by atoms with van der Waals surface area (Å²) in [4.78, 5) is 4.42. The first-order valence-corrected chi connectivity index (χ1v) is 11.8. The number of hydrogen-bond acceptors (Lipinski definition) is 7. The number of likely N-dealkylation sites (tertiary alicyclic amines) is 2. The second-order valence-electron chi connectivity index (χ2n) is 9.70. The number of piperidine rings is 1. The average Bonchev–Trinajstić information content (AvgIpc) is 3.34. The molecule has 1 aromatic rings. The van der Waals surface area contributed by atoms with Gasteiger partial charge in [0.15, 0.2) is 0 Å². The average molecular weight is 427 g/mol. The van der Waals surface area contributed by atoms with Crippen molar-refractivity contribution in [2.24, 2.45) is 0 Å². The number of benzene rings is 1. The van der Waals surface area contributed by atoms with Gasteiger partial charge in [0, 0.05) is 50.8 Å². The molecule has 31 heavy (non-hydrogen) atoms. The van der Waals surface area contributed by atoms with E-state index in [0.717, 1.165) is 32.4 Å². The zero-order valence-corrected chi connectivity index (χ0v) is 18.2. The summed E-state index contributed by atoms with van der Waals surface area (Å²) in [5.41, 5.74) is 1.30. The molecule has 1 saturated carbocycles. The van der Waals surface area contributed by atoms with Crippen LogP contribution in [0.15, 0.2) is 30.3 Å². The van der Waals surface area contributed by atoms with Gasteiger partial charge in [-0.05, 0) is 31.2 Å². The first-order chi connectivity index (χ1) is 15.2. The molecule has 4 atom stereocenters. The van der Waals surface area contributed by atoms with E-state index < -0.39 is 6.41 Å². The molecule has 7 nitrogen and oxygen atoms in total. The first kappa shape index (κ1) is 21.3. The van der Waals surface area contributed by atoms with Crippen molar-refractivity contribution in [3.8, 4) is 6.07 Å². The van der Waals surface area contributed by atoms with Crippen LogP contribution in [0.4, 0.5) is 0 Å². The fraction of sp³-hybridized carbons (Fsp3) is 0.708. The lowest BCUT2D eigenvalue weighted by Crippen LogP contribution is -2.73. The van der Waals surface area contributed by atoms with Gasteiger partial charge in [-0.3, -0.25) is 9.80 Å². The SMILES string of the molecule is N#CCC1(N2CCC(N[C@@H]3CC3c3ccccc3)CC2)CN(C(O)OC2CCOC2)C1. The number of nitrogens with zero attached hydrogens (tertiary/aromatic N) is 3. The van der Waals surface area contributed by atoms with E-state index in [1.54, 1.807) is 0 Å². The van der Waals surface area contributed by atoms with Crippen molar-refractivity contribution in [2.45, 2.75) is 68.2 Å². The van der Waals surface area contributed by atoms with Gasteiger partial charge in [-0.15, -0.1) is 0 Å². The summed E-state index contributed by atoms with van der Waals surface area (Å²) >= 11 is 0. The van der Waals surface area contributed by atoms with Crippen LogP contribution in [0, 0.1) is 11.3 Å². The van der Waals surface area contributed by atoms with Gasteiger partial charge in [-0.1, -0.05) is 30.3 Å². The van der Waals surface area contributed by atoms with E-state index in [2.05, 4.69) is 46.6 Å². The number of rotatable bonds is 8. The lowest BCUT2D eigenvalue weighted by Gasteiger charge is -2.57. The minimum Gasteiger partial charge on any atom is -0.379 e. The summed E-state index contributed by atoms with van der Waals surface area (Å²) in [5, 5.41) is 23.8. The maximum Gasteiger partial charge on any atom is 0.216 e. The van der Waals surface area contributed by atoms with Crippen LogP contribution >= 0.6 is 0 Å². The second-order valence-corrected chi connectivity index (χ2v) is 9.70. The van der Waals surface area contributed by atoms with Crippen molar-refractivity contribution in [3.05, 3.63) is 35.9 Å². The third-order valence-electron chi connectivity index (χ3n) is 7.55. The molecule has 3 aliphatic heterocycles. The van der Waals surface area contributed by atoms with Crippen LogP contribution in [0.2, 0.25) is 0 Å². The molecule has 0 bridgehead atoms. The summed E-state index contributed by atoms with van der Waals surface area (Å²) < 4.78 is 11.1. The van der Waals surface area contributed by atoms with E-state index in [1.165, 1.54) is 12.0 Å². The molecule has 4 fully saturated rings. The zero-order valence-electron chi connectivity index (χ0n) is 18.2. The van der Waals surface area contributed by atoms with E-state index in [9.17, 15) is 10.4 Å². The predicted octanol–water partition coefficient (Wildman–Crippen LogP) is 1.65. The minimum atomic E-state index is -0.900. The second kappa shape index (κ2) is 9.14. The summed E-state index contributed by atoms with van der Waals surface area (Å²) in [7, 11) is 0. The van der Waals surface area contributed by atoms with Crippen LogP contribution in [-0.2, 0) is 9.47 Å². The largest absolute Gasteiger partial charge is 0.379 e. The fourth-order valence-corrected chi connectivity index (χ4v) is 5.59. The predicted molar refractivity (Wildman–Crippen MR) is 116 cm³/mol. The third kappa shape index (κ3) is 4.65. The molecule has 3 heterocycles. The van der Waals surface area contributed by atoms with Gasteiger partial charge in [0.1, 0.15) is 0 Å². The lowest BCUT2D eigenvalue weighted by atomic mass is 9.83. The molecule has 2 N–H and O–H groups in total. The van der Waals surface area contributed by atoms with E-state index >= 15 is 0 Å². The minimum absolute atomic E-state index is 0.0232. The van der Waals surface area contributed by atoms with Crippen LogP contribution in [0.1, 0.15) is 43.6 Å². The Balaban J connectivity index is 1.09. The van der Waals surface area contributed by atoms with Crippen LogP contribution < -0.4 is 5.32 Å². The number of nitrogens with one attached hydrogen (secondary N) is 1. The van der Waals surface area contributed by atoms with E-state index in [4.69, 9.17) is 9.47 Å². The monoisotopic (exact) mass is 426 g/mol. The first-order valence-electron chi connectivity index (χ1n) is 11.8. The Kier molecular flexibility index (Phi) is 6.29. The van der Waals surface area contributed by atoms with E-state index in [-0.39, 0.29) is 11.6 Å². The molecule has 3 unspecified atom stereocenters. The van der Waals surface area contributed by atoms with Crippen molar-refractivity contribution in [2.75, 3.05) is 39.4 Å². The fourth-order valence-electron chi connectivity index (χ4n) is 5.59. The molecule has 0 amide bonds. The van der Waals surface area contributed by atoms with Crippen molar-refractivity contribution >= 4 is 0 Å². The highest BCUT2D eigenvalue weighted by Crippen LogP contribution is 2.42. The number of ether oxygens (including phenoxy) is 2. The van der Waals surface area contributed by atoms with Crippen molar-refractivity contribution < 1.29 is 14.6 Å². The van der Waals surface area contributed by atoms with Gasteiger partial charge < -0.3 is 19.9 Å². The van der Waals surface area contributed by atoms with Gasteiger partial charge in [-0.25, -0.2) is 0 Å². The quantitative estimate of drug-likeness (QED) is 0.612. The molecule has 4 aliphatic rings. The highest BCUT2D eigenvalue weighted by molar-refractivity contribution is 5.27. The van der Waals surface area contributed by atoms with Gasteiger partial charge in [0.2, 0.25) is 6.41 Å². The van der Waals surface area contributed by atoms with Gasteiger partial charge >= 0.3 is 0 Å². The number of aliphatic hydroxyl groups is 1. The standard InChI is InChI=1S/C24H34N4O3/c25-10-9-24(16-27(17-24)23(29)31-20-8-13-30-15-20)28-11-6-19(7-12-28)26-22-14-21(22)18-4-2-1-3-5-18/h1-5,19-23,26,29H,6-9,11-17H2/t20?,21?,22-,23?/m1/s1. The third-order valence-corrected chi connectivity index (χ3v) is 7.55. The van der Waals surface area contributed by atoms with E-state index in [0.29, 0.717) is 50.7 Å². The van der Waals surface area contributed by atoms with Gasteiger partial charge in [-0.2, -0.15) is 5.26 Å². The molecule has 3 saturated heterocycles. The Morgan fingerprint density at radius 3 is 2.68 bits per heavy atom. The van der Waals surface area contributed by atoms with E-state index in [1.807, 2.05) is 4.90 Å². The normalized spacial score (nSPS) is 32.3. The lowest BCUT2D eigenvalue weighted by molar-refractivity contribution is -0.260. The molecule has 0 radical (unpaired) electrons. The smallest absolute Gasteiger partial charge is 0.216 e. The summed E-state index contributed by atoms with van der Waals surface area (Å²) in [6.45, 7) is 4.64. The molecule has 1 aromatic carbocycles. The van der Waals surface area contributed by atoms with Crippen molar-refractivity contribution in [1.29, 1.82) is 5.26 Å². The number of nitriles is 1. The molecule has 0 spiro atoms. The molecule has 0 aromatic heterocycles. The molecular formula is C24H34N4O3. The molecule has 1 aliphatic carbocycles. The summed E-state index contributed by atoms with van der Waals surface area (Å²) in [6.07, 6.45) is 3.88. The summed E-state index contributed by atoms with van der Waals surface area (Å²) in [5.74, 6) is 0.663. The Morgan fingerprint density at radius 2 is 2.00 bits per heavy atom. The molecule has 5 rings (SSSR count). The Labute approximate surface area is 184 Å². The topological polar surface area (TPSA) is 81.0 Å². The van der Waals surface area contributed by atoms with Crippen LogP contribution in [-0.4, -0.2) is 84.4 Å². The Morgan fingerprint density at radius 1 is 1.23 bits per heavy atom. The van der Waals surface area contributed by atoms with Crippen molar-refractivity contribution in [3.63, 3.8) is 0 Å². The van der Waals surface area contributed by atoms with Gasteiger partial charge in [0.25, 0.3) is 0 Å². The Bertz CT molecular complexity index is 765. The molecular weight excluding hydrogens is 392 g/mol. The molecule has 7 heteroatoms. The maximum atomic E-state index is 10.4. The zero-order chi connectivity index (χ0) is 21.3. The van der Waals surface area contributed by atoms with Crippen LogP contribution in [0.25, 0.3) is 0 Å². The van der Waals surface area contributed by atoms with Crippen LogP contribution in [0.5, 0.6) is 0 Å².